The van der Waals surface area contributed by atoms with E-state index < -0.39 is 12.1 Å². The maximum absolute atomic E-state index is 14.0. The molecule has 0 aromatic heterocycles. The Balaban J connectivity index is 1.21. The monoisotopic (exact) mass is 644 g/mol. The summed E-state index contributed by atoms with van der Waals surface area (Å²) < 4.78 is 11.4. The Morgan fingerprint density at radius 1 is 0.854 bits per heavy atom. The molecule has 3 unspecified atom stereocenters. The summed E-state index contributed by atoms with van der Waals surface area (Å²) in [4.78, 5) is 26.5. The zero-order chi connectivity index (χ0) is 33.7. The van der Waals surface area contributed by atoms with Gasteiger partial charge < -0.3 is 14.8 Å². The van der Waals surface area contributed by atoms with E-state index in [0.717, 1.165) is 40.2 Å². The molecule has 48 heavy (non-hydrogen) atoms. The lowest BCUT2D eigenvalue weighted by Crippen LogP contribution is -2.50. The molecule has 1 heterocycles. The van der Waals surface area contributed by atoms with Crippen molar-refractivity contribution in [2.45, 2.75) is 89.3 Å². The third kappa shape index (κ3) is 8.16. The van der Waals surface area contributed by atoms with Gasteiger partial charge in [-0.25, -0.2) is 0 Å². The van der Waals surface area contributed by atoms with Crippen molar-refractivity contribution in [3.05, 3.63) is 119 Å². The van der Waals surface area contributed by atoms with Gasteiger partial charge in [-0.05, 0) is 81.8 Å². The number of esters is 1. The van der Waals surface area contributed by atoms with Gasteiger partial charge >= 0.3 is 5.97 Å². The lowest BCUT2D eigenvalue weighted by atomic mass is 9.84. The van der Waals surface area contributed by atoms with E-state index in [0.29, 0.717) is 12.3 Å². The fourth-order valence-corrected chi connectivity index (χ4v) is 7.17. The molecule has 1 aliphatic carbocycles. The second-order valence-electron chi connectivity index (χ2n) is 14.4. The van der Waals surface area contributed by atoms with Gasteiger partial charge in [0, 0.05) is 6.04 Å². The number of carbonyl (C=O) groups is 2. The maximum Gasteiger partial charge on any atom is 0.307 e. The van der Waals surface area contributed by atoms with Gasteiger partial charge in [0.2, 0.25) is 5.91 Å². The summed E-state index contributed by atoms with van der Waals surface area (Å²) in [6.45, 7) is 6.62. The Morgan fingerprint density at radius 3 is 2.19 bits per heavy atom. The van der Waals surface area contributed by atoms with Crippen molar-refractivity contribution in [3.63, 3.8) is 0 Å². The van der Waals surface area contributed by atoms with Crippen LogP contribution < -0.4 is 15.4 Å². The first-order valence-corrected chi connectivity index (χ1v) is 17.4. The van der Waals surface area contributed by atoms with E-state index in [2.05, 4.69) is 67.8 Å². The highest BCUT2D eigenvalue weighted by atomic mass is 16.5. The number of rotatable bonds is 10. The molecule has 1 amide bonds. The fraction of sp³-hybridized carbons (Fsp3) is 0.381. The first-order chi connectivity index (χ1) is 23.2. The molecule has 6 nitrogen and oxygen atoms in total. The van der Waals surface area contributed by atoms with Crippen molar-refractivity contribution in [3.8, 4) is 22.6 Å². The molecule has 2 aliphatic rings. The predicted octanol–water partition coefficient (Wildman–Crippen LogP) is 9.00. The van der Waals surface area contributed by atoms with E-state index in [9.17, 15) is 9.59 Å². The van der Waals surface area contributed by atoms with Gasteiger partial charge in [0.15, 0.2) is 0 Å². The quantitative estimate of drug-likeness (QED) is 0.169. The summed E-state index contributed by atoms with van der Waals surface area (Å²) in [6.07, 6.45) is 6.56. The Labute approximate surface area is 285 Å². The summed E-state index contributed by atoms with van der Waals surface area (Å²) in [5.74, 6) is 1.76. The Morgan fingerprint density at radius 2 is 1.52 bits per heavy atom. The number of benzene rings is 4. The van der Waals surface area contributed by atoms with E-state index in [4.69, 9.17) is 9.47 Å². The van der Waals surface area contributed by atoms with E-state index in [1.807, 2.05) is 60.7 Å². The smallest absolute Gasteiger partial charge is 0.307 e. The molecule has 1 saturated carbocycles. The van der Waals surface area contributed by atoms with Crippen molar-refractivity contribution in [1.29, 1.82) is 0 Å². The minimum Gasteiger partial charge on any atom is -0.469 e. The maximum atomic E-state index is 14.0. The molecular weight excluding hydrogens is 596 g/mol. The van der Waals surface area contributed by atoms with Crippen molar-refractivity contribution >= 4 is 11.9 Å². The molecule has 3 atom stereocenters. The van der Waals surface area contributed by atoms with Crippen LogP contribution >= 0.6 is 0 Å². The van der Waals surface area contributed by atoms with Crippen LogP contribution in [-0.2, 0) is 26.2 Å². The van der Waals surface area contributed by atoms with Crippen LogP contribution in [0.3, 0.4) is 0 Å². The molecular formula is C42H48N2O4. The third-order valence-corrected chi connectivity index (χ3v) is 9.97. The van der Waals surface area contributed by atoms with Gasteiger partial charge in [0.25, 0.3) is 0 Å². The van der Waals surface area contributed by atoms with E-state index in [-0.39, 0.29) is 29.8 Å². The van der Waals surface area contributed by atoms with E-state index in [1.54, 1.807) is 0 Å². The Hall–Kier alpha value is -4.42. The van der Waals surface area contributed by atoms with Crippen LogP contribution in [0.1, 0.15) is 93.6 Å². The topological polar surface area (TPSA) is 76.7 Å². The average molecular weight is 645 g/mol. The average Bonchev–Trinajstić information content (AvgIpc) is 3.61. The first kappa shape index (κ1) is 33.5. The zero-order valence-electron chi connectivity index (χ0n) is 28.6. The highest BCUT2D eigenvalue weighted by Crippen LogP contribution is 2.39. The third-order valence-electron chi connectivity index (χ3n) is 9.97. The molecule has 6 rings (SSSR count). The highest BCUT2D eigenvalue weighted by Gasteiger charge is 2.34. The molecule has 0 saturated heterocycles. The predicted molar refractivity (Wildman–Crippen MR) is 191 cm³/mol. The van der Waals surface area contributed by atoms with Crippen molar-refractivity contribution < 1.29 is 19.1 Å². The molecule has 4 aromatic rings. The van der Waals surface area contributed by atoms with Gasteiger partial charge in [-0.2, -0.15) is 0 Å². The number of hydrogen-bond acceptors (Lipinski definition) is 5. The van der Waals surface area contributed by atoms with Crippen molar-refractivity contribution in [2.75, 3.05) is 7.11 Å². The van der Waals surface area contributed by atoms with Gasteiger partial charge in [-0.15, -0.1) is 0 Å². The lowest BCUT2D eigenvalue weighted by molar-refractivity contribution is -0.141. The highest BCUT2D eigenvalue weighted by molar-refractivity contribution is 5.84. The molecule has 1 aliphatic heterocycles. The van der Waals surface area contributed by atoms with Crippen LogP contribution in [0.25, 0.3) is 11.1 Å². The number of ether oxygens (including phenoxy) is 2. The molecule has 2 N–H and O–H groups in total. The molecule has 4 aromatic carbocycles. The van der Waals surface area contributed by atoms with Gasteiger partial charge in [-0.1, -0.05) is 119 Å². The van der Waals surface area contributed by atoms with Gasteiger partial charge in [0.05, 0.1) is 25.6 Å². The fourth-order valence-electron chi connectivity index (χ4n) is 7.17. The molecule has 0 spiro atoms. The SMILES string of the molecule is COC(=O)CC(NC(=O)C1Cc2ccc(Oc3ccc(C(C)(C)C)cc3)cc2C(CC2CCCC2)N1)c1ccc(-c2ccccc2)cc1. The molecule has 0 radical (unpaired) electrons. The van der Waals surface area contributed by atoms with Crippen LogP contribution in [0.5, 0.6) is 11.5 Å². The Bertz CT molecular complexity index is 1690. The normalized spacial score (nSPS) is 18.5. The summed E-state index contributed by atoms with van der Waals surface area (Å²) in [5.41, 5.74) is 6.77. The minimum absolute atomic E-state index is 0.0311. The van der Waals surface area contributed by atoms with Crippen LogP contribution in [0, 0.1) is 5.92 Å². The number of fused-ring (bicyclic) bond motifs is 1. The van der Waals surface area contributed by atoms with Gasteiger partial charge in [0.1, 0.15) is 11.5 Å². The molecule has 1 fully saturated rings. The number of nitrogens with one attached hydrogen (secondary N) is 2. The van der Waals surface area contributed by atoms with Crippen LogP contribution in [-0.4, -0.2) is 25.0 Å². The van der Waals surface area contributed by atoms with Crippen LogP contribution in [0.4, 0.5) is 0 Å². The van der Waals surface area contributed by atoms with Gasteiger partial charge in [-0.3, -0.25) is 14.9 Å². The summed E-state index contributed by atoms with van der Waals surface area (Å²) in [6, 6.07) is 31.9. The molecule has 0 bridgehead atoms. The summed E-state index contributed by atoms with van der Waals surface area (Å²) in [5, 5.41) is 6.93. The summed E-state index contributed by atoms with van der Waals surface area (Å²) in [7, 11) is 1.38. The zero-order valence-corrected chi connectivity index (χ0v) is 28.6. The molecule has 250 valence electrons. The minimum atomic E-state index is -0.508. The van der Waals surface area contributed by atoms with Crippen molar-refractivity contribution in [2.24, 2.45) is 5.92 Å². The number of carbonyl (C=O) groups excluding carboxylic acids is 2. The first-order valence-electron chi connectivity index (χ1n) is 17.4. The molecule has 6 heteroatoms. The van der Waals surface area contributed by atoms with Crippen LogP contribution in [0.2, 0.25) is 0 Å². The largest absolute Gasteiger partial charge is 0.469 e. The number of methoxy groups -OCH3 is 1. The lowest BCUT2D eigenvalue weighted by Gasteiger charge is -2.35. The second kappa shape index (κ2) is 14.8. The number of amides is 1. The Kier molecular flexibility index (Phi) is 10.3. The number of hydrogen-bond donors (Lipinski definition) is 2. The summed E-state index contributed by atoms with van der Waals surface area (Å²) >= 11 is 0. The van der Waals surface area contributed by atoms with E-state index in [1.165, 1.54) is 43.9 Å². The van der Waals surface area contributed by atoms with E-state index >= 15 is 0 Å². The second-order valence-corrected chi connectivity index (χ2v) is 14.4. The standard InChI is InChI=1S/C42H48N2O4/c1-42(2,3)33-19-22-34(23-20-33)48-35-21-18-32-25-39(43-38(36(32)26-35)24-28-10-8-9-11-28)41(46)44-37(27-40(45)47-4)31-16-14-30(15-17-31)29-12-6-5-7-13-29/h5-7,12-23,26,28,37-39,43H,8-11,24-25,27H2,1-4H3,(H,44,46). The van der Waals surface area contributed by atoms with Crippen molar-refractivity contribution in [1.82, 2.24) is 10.6 Å². The van der Waals surface area contributed by atoms with Crippen LogP contribution in [0.15, 0.2) is 97.1 Å².